The molecule has 0 fully saturated rings. The molecule has 4 aromatic heterocycles. The number of hydrogen-bond donors (Lipinski definition) is 6. The molecule has 6 N–H and O–H groups in total. The van der Waals surface area contributed by atoms with Crippen LogP contribution in [0.5, 0.6) is 0 Å². The number of halogens is 1. The minimum Gasteiger partial charge on any atom is -0.447 e. The van der Waals surface area contributed by atoms with Crippen LogP contribution in [0.1, 0.15) is 124 Å². The van der Waals surface area contributed by atoms with Crippen molar-refractivity contribution in [1.29, 1.82) is 5.26 Å². The Morgan fingerprint density at radius 2 is 1.26 bits per heavy atom. The molecule has 0 radical (unpaired) electrons. The molecular weight excluding hydrogens is 1220 g/mol. The number of fused-ring (bicyclic) bond motifs is 5. The zero-order chi connectivity index (χ0) is 59.5. The molecule has 0 aliphatic heterocycles. The quantitative estimate of drug-likeness (QED) is 0.0511. The van der Waals surface area contributed by atoms with Crippen LogP contribution < -0.4 is 30.1 Å². The molecular formula is C56H60BrN15O10S3. The number of carbonyl (C=O) groups is 3. The van der Waals surface area contributed by atoms with Gasteiger partial charge in [0.15, 0.2) is 15.1 Å². The van der Waals surface area contributed by atoms with E-state index in [2.05, 4.69) is 78.6 Å². The van der Waals surface area contributed by atoms with Crippen molar-refractivity contribution in [2.45, 2.75) is 143 Å². The molecule has 29 heteroatoms. The second kappa shape index (κ2) is 22.8. The van der Waals surface area contributed by atoms with E-state index < -0.39 is 64.1 Å². The van der Waals surface area contributed by atoms with Gasteiger partial charge in [0.05, 0.1) is 23.6 Å². The number of oxazole rings is 1. The van der Waals surface area contributed by atoms with Crippen molar-refractivity contribution in [2.75, 3.05) is 29.5 Å². The molecule has 12 rings (SSSR count). The Hall–Kier alpha value is -7.91. The molecule has 2 unspecified atom stereocenters. The lowest BCUT2D eigenvalue weighted by Crippen LogP contribution is -2.35. The zero-order valence-corrected chi connectivity index (χ0v) is 50.4. The van der Waals surface area contributed by atoms with Crippen LogP contribution >= 0.6 is 15.9 Å². The van der Waals surface area contributed by atoms with Crippen molar-refractivity contribution in [3.8, 4) is 6.07 Å². The van der Waals surface area contributed by atoms with Gasteiger partial charge in [-0.05, 0) is 187 Å². The summed E-state index contributed by atoms with van der Waals surface area (Å²) in [4.78, 5) is 47.2. The number of aromatic nitrogens is 7. The Morgan fingerprint density at radius 3 is 1.89 bits per heavy atom. The van der Waals surface area contributed by atoms with E-state index in [1.165, 1.54) is 41.5 Å². The largest absolute Gasteiger partial charge is 0.447 e. The molecule has 25 nitrogen and oxygen atoms in total. The third kappa shape index (κ3) is 11.4. The predicted molar refractivity (Wildman–Crippen MR) is 312 cm³/mol. The van der Waals surface area contributed by atoms with Gasteiger partial charge >= 0.3 is 18.1 Å². The van der Waals surface area contributed by atoms with E-state index >= 15 is 0 Å². The first-order chi connectivity index (χ1) is 40.7. The van der Waals surface area contributed by atoms with Gasteiger partial charge < -0.3 is 20.4 Å². The fourth-order valence-electron chi connectivity index (χ4n) is 13.0. The van der Waals surface area contributed by atoms with Crippen LogP contribution in [-0.4, -0.2) is 96.2 Å². The highest BCUT2D eigenvalue weighted by molar-refractivity contribution is 9.10. The first-order valence-electron chi connectivity index (χ1n) is 28.0. The van der Waals surface area contributed by atoms with Gasteiger partial charge in [-0.25, -0.2) is 33.5 Å². The third-order valence-electron chi connectivity index (χ3n) is 16.6. The van der Waals surface area contributed by atoms with Crippen LogP contribution in [0, 0.1) is 11.3 Å². The lowest BCUT2D eigenvalue weighted by atomic mass is 9.93. The maximum atomic E-state index is 14.4. The number of amides is 6. The Labute approximate surface area is 498 Å². The number of aryl methyl sites for hydroxylation is 4. The van der Waals surface area contributed by atoms with Crippen LogP contribution in [0.3, 0.4) is 0 Å². The van der Waals surface area contributed by atoms with E-state index in [9.17, 15) is 39.6 Å². The summed E-state index contributed by atoms with van der Waals surface area (Å²) < 4.78 is 99.3. The number of anilines is 3. The molecule has 0 spiro atoms. The summed E-state index contributed by atoms with van der Waals surface area (Å²) in [6.45, 7) is 2.92. The summed E-state index contributed by atoms with van der Waals surface area (Å²) >= 11 is 3.49. The average molecular weight is 1280 g/mol. The van der Waals surface area contributed by atoms with E-state index in [-0.39, 0.29) is 29.9 Å². The average Bonchev–Trinajstić information content (AvgIpc) is 2.02. The molecule has 4 heterocycles. The summed E-state index contributed by atoms with van der Waals surface area (Å²) in [6.07, 6.45) is 13.5. The molecule has 5 aliphatic carbocycles. The highest BCUT2D eigenvalue weighted by Gasteiger charge is 2.37. The van der Waals surface area contributed by atoms with E-state index in [0.717, 1.165) is 105 Å². The number of urea groups is 3. The minimum atomic E-state index is -4.63. The second-order valence-electron chi connectivity index (χ2n) is 22.0. The van der Waals surface area contributed by atoms with Crippen molar-refractivity contribution < 1.29 is 44.1 Å². The van der Waals surface area contributed by atoms with Gasteiger partial charge in [0.25, 0.3) is 30.1 Å². The number of carbonyl (C=O) groups excluding carboxylic acids is 3. The fraction of sp³-hybridized carbons (Fsp3) is 0.393. The van der Waals surface area contributed by atoms with Crippen LogP contribution in [-0.2, 0) is 108 Å². The Kier molecular flexibility index (Phi) is 15.4. The van der Waals surface area contributed by atoms with Gasteiger partial charge in [0.1, 0.15) is 19.4 Å². The van der Waals surface area contributed by atoms with Crippen molar-refractivity contribution in [3.05, 3.63) is 139 Å². The number of nitriles is 1. The van der Waals surface area contributed by atoms with Crippen molar-refractivity contribution >= 4 is 81.2 Å². The number of nitrogens with one attached hydrogen (secondary N) is 6. The van der Waals surface area contributed by atoms with Gasteiger partial charge in [-0.3, -0.25) is 18.9 Å². The molecule has 6 amide bonds. The number of likely N-dealkylation sites (N-methyl/N-ethyl adjacent to an activating group) is 1. The lowest BCUT2D eigenvalue weighted by Gasteiger charge is -2.23. The SMILES string of the molecule is CCn1nc(S(=O)(=O)NC(=O)Nc2c(Br)ccc3c2CCC3)cc1CN(C)CC1CCc2c1cc1c(c2NC(=O)NS(=O)(=O)c2cc(C3CCc4c3cc3c(c4NC(=O)NS(=O)(=O)c4ccn(CC#N)n4)CCC3)n(Cc3ncco3)n2)CCC1. The van der Waals surface area contributed by atoms with Gasteiger partial charge in [-0.1, -0.05) is 18.2 Å². The van der Waals surface area contributed by atoms with Gasteiger partial charge in [0.2, 0.25) is 5.89 Å². The number of nitrogens with zero attached hydrogens (tertiary/aromatic N) is 9. The topological polar surface area (TPSA) is 332 Å². The van der Waals surface area contributed by atoms with Gasteiger partial charge in [-0.2, -0.15) is 45.8 Å². The number of hydrogen-bond acceptors (Lipinski definition) is 16. The van der Waals surface area contributed by atoms with Crippen molar-refractivity contribution in [2.24, 2.45) is 0 Å². The first kappa shape index (κ1) is 57.5. The highest BCUT2D eigenvalue weighted by atomic mass is 79.9. The van der Waals surface area contributed by atoms with E-state index in [1.807, 2.05) is 36.9 Å². The number of rotatable bonds is 18. The molecule has 5 aliphatic rings. The summed E-state index contributed by atoms with van der Waals surface area (Å²) in [7, 11) is -11.5. The predicted octanol–water partition coefficient (Wildman–Crippen LogP) is 6.86. The standard InChI is InChI=1S/C56H60BrN15O10S3/c1-3-71-36(27-49(64-71)84(78,79)68-56(75)62-53-37-10-4-7-32(37)14-18-45(53)57)30-69(2)29-35-13-15-41-43(35)25-33-8-5-11-38(33)51(41)60-55(74)67-85(80,81)50-28-46(72(65-50)31-47-59-21-24-82-47)40-16-17-42-44(40)26-34-9-6-12-39(34)52(42)61-54(73)66-83(76,77)48-19-22-70(63-48)23-20-58/h14,18-19,21-22,24-28,35,40H,3-13,15-17,23,29-31H2,1-2H3,(H2,60,67,74)(H2,61,66,73)(H2,62,68,75). The van der Waals surface area contributed by atoms with Crippen molar-refractivity contribution in [3.63, 3.8) is 0 Å². The maximum Gasteiger partial charge on any atom is 0.333 e. The molecule has 2 atom stereocenters. The highest BCUT2D eigenvalue weighted by Crippen LogP contribution is 2.47. The summed E-state index contributed by atoms with van der Waals surface area (Å²) in [5.41, 5.74) is 12.3. The molecule has 7 aromatic rings. The Morgan fingerprint density at radius 1 is 0.682 bits per heavy atom. The van der Waals surface area contributed by atoms with E-state index in [1.54, 1.807) is 4.68 Å². The third-order valence-corrected chi connectivity index (χ3v) is 20.9. The van der Waals surface area contributed by atoms with Crippen LogP contribution in [0.25, 0.3) is 0 Å². The fourth-order valence-corrected chi connectivity index (χ4v) is 16.1. The lowest BCUT2D eigenvalue weighted by molar-refractivity contribution is 0.255. The summed E-state index contributed by atoms with van der Waals surface area (Å²) in [5.74, 6) is -0.176. The van der Waals surface area contributed by atoms with E-state index in [4.69, 9.17) is 9.68 Å². The Bertz CT molecular complexity index is 4270. The first-order valence-corrected chi connectivity index (χ1v) is 33.3. The van der Waals surface area contributed by atoms with Gasteiger partial charge in [-0.15, -0.1) is 0 Å². The minimum absolute atomic E-state index is 0.0227. The maximum absolute atomic E-state index is 14.4. The summed E-state index contributed by atoms with van der Waals surface area (Å²) in [6, 6.07) is 11.2. The normalized spacial score (nSPS) is 16.8. The molecule has 444 valence electrons. The van der Waals surface area contributed by atoms with Crippen LogP contribution in [0.2, 0.25) is 0 Å². The molecule has 0 saturated heterocycles. The van der Waals surface area contributed by atoms with Gasteiger partial charge in [0, 0.05) is 65.4 Å². The van der Waals surface area contributed by atoms with Crippen LogP contribution in [0.15, 0.2) is 85.1 Å². The summed E-state index contributed by atoms with van der Waals surface area (Å²) in [5, 5.41) is 29.2. The molecule has 0 bridgehead atoms. The zero-order valence-electron chi connectivity index (χ0n) is 46.4. The van der Waals surface area contributed by atoms with Crippen molar-refractivity contribution in [1.82, 2.24) is 53.4 Å². The number of benzene rings is 3. The molecule has 3 aromatic carbocycles. The van der Waals surface area contributed by atoms with E-state index in [0.29, 0.717) is 91.1 Å². The number of sulfonamides is 3. The van der Waals surface area contributed by atoms with Crippen LogP contribution in [0.4, 0.5) is 31.4 Å². The monoisotopic (exact) mass is 1280 g/mol. The molecule has 0 saturated carbocycles. The Balaban J connectivity index is 0.744. The smallest absolute Gasteiger partial charge is 0.333 e. The second-order valence-corrected chi connectivity index (χ2v) is 27.8. The molecule has 85 heavy (non-hydrogen) atoms.